The van der Waals surface area contributed by atoms with Gasteiger partial charge in [-0.2, -0.15) is 0 Å². The Hall–Kier alpha value is -1.14. The monoisotopic (exact) mass is 285 g/mol. The molecule has 0 fully saturated rings. The summed E-state index contributed by atoms with van der Waals surface area (Å²) in [4.78, 5) is 15.9. The molecule has 0 aliphatic heterocycles. The summed E-state index contributed by atoms with van der Waals surface area (Å²) in [7, 11) is 0. The van der Waals surface area contributed by atoms with Crippen molar-refractivity contribution >= 4 is 17.4 Å². The van der Waals surface area contributed by atoms with Crippen LogP contribution < -0.4 is 10.6 Å². The van der Waals surface area contributed by atoms with E-state index in [4.69, 9.17) is 0 Å². The maximum absolute atomic E-state index is 11.8. The summed E-state index contributed by atoms with van der Waals surface area (Å²) in [5, 5.41) is 17.8. The number of hydrogen-bond donors (Lipinski definition) is 3. The van der Waals surface area contributed by atoms with Gasteiger partial charge in [0.2, 0.25) is 0 Å². The van der Waals surface area contributed by atoms with Gasteiger partial charge in [-0.25, -0.2) is 9.78 Å². The van der Waals surface area contributed by atoms with Crippen LogP contribution in [-0.4, -0.2) is 28.8 Å². The lowest BCUT2D eigenvalue weighted by atomic mass is 9.87. The molecular weight excluding hydrogens is 262 g/mol. The van der Waals surface area contributed by atoms with Gasteiger partial charge in [-0.05, 0) is 25.7 Å². The van der Waals surface area contributed by atoms with Gasteiger partial charge >= 0.3 is 6.03 Å². The smallest absolute Gasteiger partial charge is 0.315 e. The molecule has 0 aromatic carbocycles. The van der Waals surface area contributed by atoms with Crippen molar-refractivity contribution in [2.45, 2.75) is 46.3 Å². The van der Waals surface area contributed by atoms with Crippen molar-refractivity contribution in [3.8, 4) is 0 Å². The highest BCUT2D eigenvalue weighted by Crippen LogP contribution is 2.21. The predicted molar refractivity (Wildman–Crippen MR) is 77.1 cm³/mol. The van der Waals surface area contributed by atoms with Gasteiger partial charge in [0, 0.05) is 18.1 Å². The van der Waals surface area contributed by atoms with E-state index in [-0.39, 0.29) is 23.6 Å². The third-order valence-electron chi connectivity index (χ3n) is 2.74. The molecule has 0 spiro atoms. The van der Waals surface area contributed by atoms with Crippen LogP contribution in [0.2, 0.25) is 0 Å². The molecular formula is C13H23N3O2S. The van der Waals surface area contributed by atoms with Crippen LogP contribution in [0.25, 0.3) is 0 Å². The van der Waals surface area contributed by atoms with Gasteiger partial charge < -0.3 is 15.7 Å². The number of carbonyl (C=O) groups is 1. The molecule has 2 atom stereocenters. The van der Waals surface area contributed by atoms with E-state index >= 15 is 0 Å². The van der Waals surface area contributed by atoms with Crippen LogP contribution in [0.15, 0.2) is 11.6 Å². The number of carbonyl (C=O) groups excluding carboxylic acids is 1. The zero-order valence-corrected chi connectivity index (χ0v) is 12.8. The maximum Gasteiger partial charge on any atom is 0.315 e. The summed E-state index contributed by atoms with van der Waals surface area (Å²) in [6.07, 6.45) is 2.01. The predicted octanol–water partition coefficient (Wildman–Crippen LogP) is 2.30. The van der Waals surface area contributed by atoms with E-state index in [1.54, 1.807) is 13.1 Å². The minimum atomic E-state index is -0.367. The van der Waals surface area contributed by atoms with E-state index in [2.05, 4.69) is 15.6 Å². The van der Waals surface area contributed by atoms with E-state index in [0.29, 0.717) is 13.0 Å². The summed E-state index contributed by atoms with van der Waals surface area (Å²) in [5.74, 6) is 0. The molecule has 1 aromatic heterocycles. The molecule has 3 N–H and O–H groups in total. The molecule has 1 heterocycles. The number of urea groups is 1. The van der Waals surface area contributed by atoms with E-state index in [9.17, 15) is 9.90 Å². The number of rotatable bonds is 6. The average Bonchev–Trinajstić information content (AvgIpc) is 2.78. The van der Waals surface area contributed by atoms with Crippen LogP contribution in [0.4, 0.5) is 4.79 Å². The summed E-state index contributed by atoms with van der Waals surface area (Å²) >= 11 is 1.52. The Kier molecular flexibility index (Phi) is 5.75. The summed E-state index contributed by atoms with van der Waals surface area (Å²) in [6.45, 7) is 8.22. The molecule has 108 valence electrons. The molecule has 0 unspecified atom stereocenters. The minimum absolute atomic E-state index is 0.0973. The standard InChI is InChI=1S/C13H23N3O2S/c1-9(17)7-13(3,4)8-15-12(18)16-10(2)11-14-5-6-19-11/h5-6,9-10,17H,7-8H2,1-4H3,(H2,15,16,18)/t9-,10-/m0/s1. The molecule has 1 aromatic rings. The lowest BCUT2D eigenvalue weighted by Crippen LogP contribution is -2.42. The minimum Gasteiger partial charge on any atom is -0.393 e. The second-order valence-electron chi connectivity index (χ2n) is 5.64. The highest BCUT2D eigenvalue weighted by atomic mass is 32.1. The Labute approximate surface area is 118 Å². The topological polar surface area (TPSA) is 74.2 Å². The van der Waals surface area contributed by atoms with Crippen LogP contribution in [-0.2, 0) is 0 Å². The lowest BCUT2D eigenvalue weighted by Gasteiger charge is -2.26. The highest BCUT2D eigenvalue weighted by Gasteiger charge is 2.21. The molecule has 0 saturated carbocycles. The first-order valence-corrected chi connectivity index (χ1v) is 7.30. The largest absolute Gasteiger partial charge is 0.393 e. The summed E-state index contributed by atoms with van der Waals surface area (Å²) in [6, 6.07) is -0.304. The molecule has 0 saturated heterocycles. The number of nitrogens with one attached hydrogen (secondary N) is 2. The maximum atomic E-state index is 11.8. The molecule has 0 aliphatic carbocycles. The van der Waals surface area contributed by atoms with Gasteiger partial charge in [-0.1, -0.05) is 13.8 Å². The van der Waals surface area contributed by atoms with Gasteiger partial charge in [-0.15, -0.1) is 11.3 Å². The number of aliphatic hydroxyl groups is 1. The fraction of sp³-hybridized carbons (Fsp3) is 0.692. The van der Waals surface area contributed by atoms with Crippen molar-refractivity contribution < 1.29 is 9.90 Å². The van der Waals surface area contributed by atoms with E-state index in [0.717, 1.165) is 5.01 Å². The third-order valence-corrected chi connectivity index (χ3v) is 3.70. The Morgan fingerprint density at radius 3 is 2.74 bits per heavy atom. The molecule has 0 bridgehead atoms. The van der Waals surface area contributed by atoms with Crippen LogP contribution in [0, 0.1) is 5.41 Å². The number of amides is 2. The average molecular weight is 285 g/mol. The summed E-state index contributed by atoms with van der Waals surface area (Å²) in [5.41, 5.74) is -0.129. The van der Waals surface area contributed by atoms with Crippen molar-refractivity contribution in [3.05, 3.63) is 16.6 Å². The van der Waals surface area contributed by atoms with E-state index < -0.39 is 0 Å². The molecule has 0 radical (unpaired) electrons. The van der Waals surface area contributed by atoms with Crippen LogP contribution >= 0.6 is 11.3 Å². The highest BCUT2D eigenvalue weighted by molar-refractivity contribution is 7.09. The zero-order valence-electron chi connectivity index (χ0n) is 11.9. The summed E-state index contributed by atoms with van der Waals surface area (Å²) < 4.78 is 0. The fourth-order valence-corrected chi connectivity index (χ4v) is 2.60. The van der Waals surface area contributed by atoms with E-state index in [1.807, 2.05) is 26.2 Å². The number of hydrogen-bond acceptors (Lipinski definition) is 4. The normalized spacial score (nSPS) is 14.8. The van der Waals surface area contributed by atoms with Crippen LogP contribution in [0.1, 0.15) is 45.2 Å². The number of nitrogens with zero attached hydrogens (tertiary/aromatic N) is 1. The zero-order chi connectivity index (χ0) is 14.5. The Morgan fingerprint density at radius 2 is 2.21 bits per heavy atom. The van der Waals surface area contributed by atoms with Gasteiger partial charge in [0.25, 0.3) is 0 Å². The second-order valence-corrected chi connectivity index (χ2v) is 6.56. The molecule has 6 heteroatoms. The fourth-order valence-electron chi connectivity index (χ4n) is 1.95. The molecule has 0 aliphatic rings. The first-order valence-electron chi connectivity index (χ1n) is 6.42. The van der Waals surface area contributed by atoms with Gasteiger partial charge in [0.05, 0.1) is 12.1 Å². The van der Waals surface area contributed by atoms with Crippen LogP contribution in [0.5, 0.6) is 0 Å². The molecule has 1 rings (SSSR count). The number of thiazole rings is 1. The van der Waals surface area contributed by atoms with Crippen LogP contribution in [0.3, 0.4) is 0 Å². The lowest BCUT2D eigenvalue weighted by molar-refractivity contribution is 0.128. The Bertz CT molecular complexity index is 391. The number of aromatic nitrogens is 1. The second kappa shape index (κ2) is 6.86. The van der Waals surface area contributed by atoms with E-state index in [1.165, 1.54) is 11.3 Å². The van der Waals surface area contributed by atoms with Gasteiger partial charge in [0.15, 0.2) is 0 Å². The van der Waals surface area contributed by atoms with Crippen molar-refractivity contribution in [2.24, 2.45) is 5.41 Å². The third kappa shape index (κ3) is 6.02. The SMILES string of the molecule is C[C@H](O)CC(C)(C)CNC(=O)N[C@@H](C)c1nccs1. The van der Waals surface area contributed by atoms with Gasteiger partial charge in [0.1, 0.15) is 5.01 Å². The molecule has 5 nitrogen and oxygen atoms in total. The first-order chi connectivity index (χ1) is 8.80. The van der Waals surface area contributed by atoms with Crippen molar-refractivity contribution in [1.82, 2.24) is 15.6 Å². The quantitative estimate of drug-likeness (QED) is 0.751. The molecule has 2 amide bonds. The van der Waals surface area contributed by atoms with Gasteiger partial charge in [-0.3, -0.25) is 0 Å². The first kappa shape index (κ1) is 15.9. The Morgan fingerprint density at radius 1 is 1.53 bits per heavy atom. The van der Waals surface area contributed by atoms with Crippen molar-refractivity contribution in [3.63, 3.8) is 0 Å². The molecule has 19 heavy (non-hydrogen) atoms. The Balaban J connectivity index is 2.35. The number of aliphatic hydroxyl groups excluding tert-OH is 1. The van der Waals surface area contributed by atoms with Crippen molar-refractivity contribution in [1.29, 1.82) is 0 Å². The van der Waals surface area contributed by atoms with Crippen molar-refractivity contribution in [2.75, 3.05) is 6.54 Å².